The van der Waals surface area contributed by atoms with Gasteiger partial charge in [-0.1, -0.05) is 23.2 Å². The van der Waals surface area contributed by atoms with Gasteiger partial charge >= 0.3 is 0 Å². The van der Waals surface area contributed by atoms with Crippen molar-refractivity contribution in [1.82, 2.24) is 0 Å². The van der Waals surface area contributed by atoms with Crippen LogP contribution in [0.3, 0.4) is 0 Å². The molecule has 3 N–H and O–H groups in total. The highest BCUT2D eigenvalue weighted by molar-refractivity contribution is 14.1. The van der Waals surface area contributed by atoms with Crippen molar-refractivity contribution < 1.29 is 4.79 Å². The van der Waals surface area contributed by atoms with E-state index in [1.54, 1.807) is 30.3 Å². The summed E-state index contributed by atoms with van der Waals surface area (Å²) in [6, 6.07) is 8.53. The monoisotopic (exact) mass is 420 g/mol. The molecule has 3 nitrogen and oxygen atoms in total. The third kappa shape index (κ3) is 3.37. The molecule has 0 aliphatic carbocycles. The molecule has 2 rings (SSSR count). The number of nitrogens with one attached hydrogen (secondary N) is 1. The molecule has 0 saturated heterocycles. The van der Waals surface area contributed by atoms with Gasteiger partial charge in [0.2, 0.25) is 0 Å². The summed E-state index contributed by atoms with van der Waals surface area (Å²) in [6.45, 7) is 1.85. The number of aryl methyl sites for hydroxylation is 1. The maximum atomic E-state index is 12.3. The summed E-state index contributed by atoms with van der Waals surface area (Å²) in [6.07, 6.45) is 0. The van der Waals surface area contributed by atoms with Gasteiger partial charge in [0.05, 0.1) is 16.3 Å². The second kappa shape index (κ2) is 6.20. The molecule has 0 aliphatic rings. The van der Waals surface area contributed by atoms with Gasteiger partial charge in [-0.05, 0) is 65.4 Å². The molecule has 0 heterocycles. The van der Waals surface area contributed by atoms with Crippen LogP contribution in [0.1, 0.15) is 15.9 Å². The molecule has 0 aliphatic heterocycles. The highest BCUT2D eigenvalue weighted by Crippen LogP contribution is 2.27. The van der Waals surface area contributed by atoms with E-state index < -0.39 is 0 Å². The van der Waals surface area contributed by atoms with Crippen LogP contribution in [0.5, 0.6) is 0 Å². The van der Waals surface area contributed by atoms with E-state index in [1.807, 2.05) is 6.92 Å². The van der Waals surface area contributed by atoms with Crippen molar-refractivity contribution in [2.45, 2.75) is 6.92 Å². The van der Waals surface area contributed by atoms with Crippen LogP contribution in [0.15, 0.2) is 30.3 Å². The molecular weight excluding hydrogens is 410 g/mol. The first-order chi connectivity index (χ1) is 9.38. The summed E-state index contributed by atoms with van der Waals surface area (Å²) >= 11 is 14.0. The number of hydrogen-bond acceptors (Lipinski definition) is 2. The Morgan fingerprint density at radius 2 is 1.95 bits per heavy atom. The lowest BCUT2D eigenvalue weighted by Gasteiger charge is -2.11. The molecule has 0 fully saturated rings. The number of benzene rings is 2. The molecule has 0 atom stereocenters. The van der Waals surface area contributed by atoms with Crippen molar-refractivity contribution in [3.05, 3.63) is 55.1 Å². The number of amides is 1. The Bertz CT molecular complexity index is 689. The zero-order valence-electron chi connectivity index (χ0n) is 10.5. The second-order valence-corrected chi connectivity index (χ2v) is 6.27. The lowest BCUT2D eigenvalue weighted by molar-refractivity contribution is 0.102. The molecule has 2 aromatic rings. The Morgan fingerprint density at radius 3 is 2.65 bits per heavy atom. The summed E-state index contributed by atoms with van der Waals surface area (Å²) in [4.78, 5) is 12.3. The second-order valence-electron chi connectivity index (χ2n) is 4.27. The molecule has 20 heavy (non-hydrogen) atoms. The van der Waals surface area contributed by atoms with Gasteiger partial charge < -0.3 is 11.1 Å². The van der Waals surface area contributed by atoms with E-state index in [1.165, 1.54) is 0 Å². The molecule has 6 heteroatoms. The minimum Gasteiger partial charge on any atom is -0.398 e. The van der Waals surface area contributed by atoms with Gasteiger partial charge in [0.1, 0.15) is 0 Å². The highest BCUT2D eigenvalue weighted by Gasteiger charge is 2.13. The van der Waals surface area contributed by atoms with Gasteiger partial charge in [0.15, 0.2) is 0 Å². The molecule has 0 saturated carbocycles. The number of halogens is 3. The Morgan fingerprint density at radius 1 is 1.25 bits per heavy atom. The van der Waals surface area contributed by atoms with Crippen molar-refractivity contribution in [3.8, 4) is 0 Å². The van der Waals surface area contributed by atoms with Crippen molar-refractivity contribution in [1.29, 1.82) is 0 Å². The number of carbonyl (C=O) groups is 1. The largest absolute Gasteiger partial charge is 0.398 e. The summed E-state index contributed by atoms with van der Waals surface area (Å²) in [5.74, 6) is -0.235. The first-order valence-electron chi connectivity index (χ1n) is 5.70. The van der Waals surface area contributed by atoms with Gasteiger partial charge in [-0.15, -0.1) is 0 Å². The Kier molecular flexibility index (Phi) is 4.78. The minimum absolute atomic E-state index is 0.235. The SMILES string of the molecule is Cc1cc(N)c(Cl)cc1NC(=O)c1cc(Cl)ccc1I. The van der Waals surface area contributed by atoms with E-state index in [9.17, 15) is 4.79 Å². The van der Waals surface area contributed by atoms with Gasteiger partial charge in [0, 0.05) is 14.3 Å². The fourth-order valence-electron chi connectivity index (χ4n) is 1.70. The smallest absolute Gasteiger partial charge is 0.256 e. The van der Waals surface area contributed by atoms with Crippen LogP contribution in [-0.4, -0.2) is 5.91 Å². The van der Waals surface area contributed by atoms with E-state index >= 15 is 0 Å². The molecule has 0 bridgehead atoms. The number of anilines is 2. The molecule has 104 valence electrons. The third-order valence-corrected chi connectivity index (χ3v) is 4.27. The van der Waals surface area contributed by atoms with Gasteiger partial charge in [0.25, 0.3) is 5.91 Å². The van der Waals surface area contributed by atoms with E-state index in [-0.39, 0.29) is 5.91 Å². The fourth-order valence-corrected chi connectivity index (χ4v) is 2.62. The van der Waals surface area contributed by atoms with Crippen LogP contribution in [0.2, 0.25) is 10.0 Å². The lowest BCUT2D eigenvalue weighted by Crippen LogP contribution is -2.14. The van der Waals surface area contributed by atoms with E-state index in [0.29, 0.717) is 27.0 Å². The summed E-state index contributed by atoms with van der Waals surface area (Å²) in [5.41, 5.74) is 8.19. The lowest BCUT2D eigenvalue weighted by atomic mass is 10.1. The zero-order valence-corrected chi connectivity index (χ0v) is 14.2. The van der Waals surface area contributed by atoms with Gasteiger partial charge in [-0.2, -0.15) is 0 Å². The van der Waals surface area contributed by atoms with Crippen molar-refractivity contribution in [3.63, 3.8) is 0 Å². The minimum atomic E-state index is -0.235. The topological polar surface area (TPSA) is 55.1 Å². The molecule has 1 amide bonds. The highest BCUT2D eigenvalue weighted by atomic mass is 127. The predicted molar refractivity (Wildman–Crippen MR) is 92.7 cm³/mol. The number of carbonyl (C=O) groups excluding carboxylic acids is 1. The van der Waals surface area contributed by atoms with Crippen molar-refractivity contribution in [2.75, 3.05) is 11.1 Å². The first-order valence-corrected chi connectivity index (χ1v) is 7.54. The van der Waals surface area contributed by atoms with Crippen LogP contribution in [-0.2, 0) is 0 Å². The van der Waals surface area contributed by atoms with E-state index in [2.05, 4.69) is 27.9 Å². The summed E-state index contributed by atoms with van der Waals surface area (Å²) < 4.78 is 0.823. The zero-order chi connectivity index (χ0) is 14.9. The normalized spacial score (nSPS) is 10.4. The number of hydrogen-bond donors (Lipinski definition) is 2. The average molecular weight is 421 g/mol. The van der Waals surface area contributed by atoms with E-state index in [0.717, 1.165) is 9.13 Å². The van der Waals surface area contributed by atoms with Crippen LogP contribution in [0.25, 0.3) is 0 Å². The number of nitrogen functional groups attached to an aromatic ring is 1. The molecule has 0 radical (unpaired) electrons. The number of rotatable bonds is 2. The molecule has 0 aromatic heterocycles. The molecule has 0 spiro atoms. The molecule has 0 unspecified atom stereocenters. The fraction of sp³-hybridized carbons (Fsp3) is 0.0714. The van der Waals surface area contributed by atoms with Crippen LogP contribution in [0.4, 0.5) is 11.4 Å². The van der Waals surface area contributed by atoms with E-state index in [4.69, 9.17) is 28.9 Å². The van der Waals surface area contributed by atoms with Gasteiger partial charge in [-0.25, -0.2) is 0 Å². The standard InChI is InChI=1S/C14H11Cl2IN2O/c1-7-4-12(18)10(16)6-13(7)19-14(20)9-5-8(15)2-3-11(9)17/h2-6H,18H2,1H3,(H,19,20). The Labute approximate surface area is 140 Å². The summed E-state index contributed by atoms with van der Waals surface area (Å²) in [7, 11) is 0. The van der Waals surface area contributed by atoms with Crippen molar-refractivity contribution in [2.24, 2.45) is 0 Å². The van der Waals surface area contributed by atoms with Gasteiger partial charge in [-0.3, -0.25) is 4.79 Å². The predicted octanol–water partition coefficient (Wildman–Crippen LogP) is 4.74. The maximum Gasteiger partial charge on any atom is 0.256 e. The Balaban J connectivity index is 2.32. The Hall–Kier alpha value is -0.980. The van der Waals surface area contributed by atoms with Crippen molar-refractivity contribution >= 4 is 63.1 Å². The number of nitrogens with two attached hydrogens (primary N) is 1. The molecule has 2 aromatic carbocycles. The molecular formula is C14H11Cl2IN2O. The maximum absolute atomic E-state index is 12.3. The van der Waals surface area contributed by atoms with Crippen LogP contribution >= 0.6 is 45.8 Å². The average Bonchev–Trinajstić information content (AvgIpc) is 2.38. The van der Waals surface area contributed by atoms with Crippen LogP contribution in [0, 0.1) is 10.5 Å². The first kappa shape index (κ1) is 15.4. The van der Waals surface area contributed by atoms with Crippen LogP contribution < -0.4 is 11.1 Å². The quantitative estimate of drug-likeness (QED) is 0.544. The summed E-state index contributed by atoms with van der Waals surface area (Å²) in [5, 5.41) is 3.75. The third-order valence-electron chi connectivity index (χ3n) is 2.76.